The summed E-state index contributed by atoms with van der Waals surface area (Å²) in [6.45, 7) is 4.80. The summed E-state index contributed by atoms with van der Waals surface area (Å²) in [4.78, 5) is 0. The fourth-order valence-electron chi connectivity index (χ4n) is 2.24. The average molecular weight is 399 g/mol. The van der Waals surface area contributed by atoms with Gasteiger partial charge in [0.25, 0.3) is 0 Å². The first-order valence-corrected chi connectivity index (χ1v) is 8.74. The Hall–Kier alpha value is -1.03. The third kappa shape index (κ3) is 7.38. The molecule has 0 unspecified atom stereocenters. The van der Waals surface area contributed by atoms with Gasteiger partial charge in [-0.2, -0.15) is 0 Å². The van der Waals surface area contributed by atoms with Crippen LogP contribution in [-0.2, 0) is 13.2 Å². The Morgan fingerprint density at radius 1 is 1.00 bits per heavy atom. The minimum atomic E-state index is 0. The highest BCUT2D eigenvalue weighted by molar-refractivity contribution is 9.10. The zero-order valence-electron chi connectivity index (χ0n) is 13.6. The van der Waals surface area contributed by atoms with Gasteiger partial charge >= 0.3 is 0 Å². The van der Waals surface area contributed by atoms with E-state index in [1.165, 1.54) is 30.4 Å². The Bertz CT molecular complexity index is 563. The van der Waals surface area contributed by atoms with Crippen molar-refractivity contribution in [2.75, 3.05) is 6.54 Å². The molecule has 0 atom stereocenters. The maximum Gasteiger partial charge on any atom is 0.134 e. The predicted molar refractivity (Wildman–Crippen MR) is 103 cm³/mol. The summed E-state index contributed by atoms with van der Waals surface area (Å²) in [5, 5.41) is 3.48. The van der Waals surface area contributed by atoms with E-state index in [9.17, 15) is 0 Å². The molecule has 0 radical (unpaired) electrons. The molecular formula is C19H25BrClNO. The molecule has 0 aliphatic carbocycles. The number of hydrogen-bond donors (Lipinski definition) is 1. The van der Waals surface area contributed by atoms with Crippen molar-refractivity contribution in [3.8, 4) is 5.75 Å². The number of ether oxygens (including phenoxy) is 1. The van der Waals surface area contributed by atoms with Crippen LogP contribution in [0.25, 0.3) is 0 Å². The first-order chi connectivity index (χ1) is 10.8. The number of benzene rings is 2. The SMILES string of the molecule is CCCCCNCc1ccc(OCc2ccccc2)c(Br)c1.Cl. The number of unbranched alkanes of at least 4 members (excludes halogenated alkanes) is 2. The van der Waals surface area contributed by atoms with Crippen molar-refractivity contribution < 1.29 is 4.74 Å². The van der Waals surface area contributed by atoms with Gasteiger partial charge in [0.05, 0.1) is 4.47 Å². The van der Waals surface area contributed by atoms with Gasteiger partial charge in [0.2, 0.25) is 0 Å². The van der Waals surface area contributed by atoms with Crippen LogP contribution < -0.4 is 10.1 Å². The van der Waals surface area contributed by atoms with Gasteiger partial charge in [-0.15, -0.1) is 12.4 Å². The second-order valence-corrected chi connectivity index (χ2v) is 6.28. The molecule has 1 N–H and O–H groups in total. The molecule has 0 heterocycles. The number of rotatable bonds is 9. The van der Waals surface area contributed by atoms with Gasteiger partial charge in [-0.1, -0.05) is 56.2 Å². The fraction of sp³-hybridized carbons (Fsp3) is 0.368. The summed E-state index contributed by atoms with van der Waals surface area (Å²) in [5.74, 6) is 0.888. The zero-order chi connectivity index (χ0) is 15.6. The van der Waals surface area contributed by atoms with Crippen LogP contribution in [0, 0.1) is 0 Å². The van der Waals surface area contributed by atoms with E-state index in [1.54, 1.807) is 0 Å². The molecule has 2 aromatic rings. The summed E-state index contributed by atoms with van der Waals surface area (Å²) in [7, 11) is 0. The minimum absolute atomic E-state index is 0. The van der Waals surface area contributed by atoms with Crippen molar-refractivity contribution in [2.45, 2.75) is 39.3 Å². The first kappa shape index (κ1) is 20.0. The number of nitrogens with one attached hydrogen (secondary N) is 1. The Labute approximate surface area is 154 Å². The predicted octanol–water partition coefficient (Wildman–Crippen LogP) is 5.73. The molecule has 0 spiro atoms. The monoisotopic (exact) mass is 397 g/mol. The normalized spacial score (nSPS) is 10.2. The van der Waals surface area contributed by atoms with E-state index in [0.29, 0.717) is 6.61 Å². The van der Waals surface area contributed by atoms with E-state index < -0.39 is 0 Å². The van der Waals surface area contributed by atoms with Crippen LogP contribution >= 0.6 is 28.3 Å². The lowest BCUT2D eigenvalue weighted by atomic mass is 10.2. The highest BCUT2D eigenvalue weighted by Gasteiger charge is 2.03. The molecule has 2 nitrogen and oxygen atoms in total. The van der Waals surface area contributed by atoms with Crippen LogP contribution in [0.5, 0.6) is 5.75 Å². The van der Waals surface area contributed by atoms with E-state index >= 15 is 0 Å². The van der Waals surface area contributed by atoms with Gasteiger partial charge in [0.1, 0.15) is 12.4 Å². The molecule has 0 aliphatic heterocycles. The van der Waals surface area contributed by atoms with E-state index in [2.05, 4.69) is 52.4 Å². The molecule has 0 fully saturated rings. The van der Waals surface area contributed by atoms with Crippen LogP contribution in [0.2, 0.25) is 0 Å². The molecule has 0 amide bonds. The quantitative estimate of drug-likeness (QED) is 0.545. The van der Waals surface area contributed by atoms with Crippen molar-refractivity contribution in [1.29, 1.82) is 0 Å². The molecule has 0 saturated heterocycles. The fourth-order valence-corrected chi connectivity index (χ4v) is 2.78. The van der Waals surface area contributed by atoms with Gasteiger partial charge in [0.15, 0.2) is 0 Å². The molecule has 4 heteroatoms. The lowest BCUT2D eigenvalue weighted by Crippen LogP contribution is -2.14. The maximum absolute atomic E-state index is 5.87. The smallest absolute Gasteiger partial charge is 0.134 e. The van der Waals surface area contributed by atoms with Crippen molar-refractivity contribution in [1.82, 2.24) is 5.32 Å². The summed E-state index contributed by atoms with van der Waals surface area (Å²) in [5.41, 5.74) is 2.45. The standard InChI is InChI=1S/C19H24BrNO.ClH/c1-2-3-7-12-21-14-17-10-11-19(18(20)13-17)22-15-16-8-5-4-6-9-16;/h4-6,8-11,13,21H,2-3,7,12,14-15H2,1H3;1H. The lowest BCUT2D eigenvalue weighted by molar-refractivity contribution is 0.304. The van der Waals surface area contributed by atoms with Crippen LogP contribution in [0.15, 0.2) is 53.0 Å². The molecule has 0 saturated carbocycles. The van der Waals surface area contributed by atoms with Gasteiger partial charge in [-0.3, -0.25) is 0 Å². The molecule has 126 valence electrons. The highest BCUT2D eigenvalue weighted by atomic mass is 79.9. The first-order valence-electron chi connectivity index (χ1n) is 7.95. The van der Waals surface area contributed by atoms with Crippen LogP contribution in [0.1, 0.15) is 37.3 Å². The second-order valence-electron chi connectivity index (χ2n) is 5.42. The van der Waals surface area contributed by atoms with Gasteiger partial charge in [-0.05, 0) is 52.2 Å². The second kappa shape index (κ2) is 11.5. The van der Waals surface area contributed by atoms with Crippen molar-refractivity contribution in [2.24, 2.45) is 0 Å². The summed E-state index contributed by atoms with van der Waals surface area (Å²) in [6.07, 6.45) is 3.81. The molecule has 0 bridgehead atoms. The molecule has 2 rings (SSSR count). The molecule has 23 heavy (non-hydrogen) atoms. The van der Waals surface area contributed by atoms with Crippen LogP contribution in [-0.4, -0.2) is 6.54 Å². The average Bonchev–Trinajstić information content (AvgIpc) is 2.55. The summed E-state index contributed by atoms with van der Waals surface area (Å²) < 4.78 is 6.88. The van der Waals surface area contributed by atoms with E-state index in [4.69, 9.17) is 4.74 Å². The molecule has 0 aliphatic rings. The van der Waals surface area contributed by atoms with Gasteiger partial charge in [-0.25, -0.2) is 0 Å². The minimum Gasteiger partial charge on any atom is -0.488 e. The maximum atomic E-state index is 5.87. The molecule has 2 aromatic carbocycles. The highest BCUT2D eigenvalue weighted by Crippen LogP contribution is 2.26. The van der Waals surface area contributed by atoms with E-state index in [1.807, 2.05) is 24.3 Å². The summed E-state index contributed by atoms with van der Waals surface area (Å²) in [6, 6.07) is 16.5. The number of hydrogen-bond acceptors (Lipinski definition) is 2. The third-order valence-corrected chi connectivity index (χ3v) is 4.14. The zero-order valence-corrected chi connectivity index (χ0v) is 16.0. The van der Waals surface area contributed by atoms with E-state index in [0.717, 1.165) is 23.3 Å². The van der Waals surface area contributed by atoms with Gasteiger partial charge < -0.3 is 10.1 Å². The van der Waals surface area contributed by atoms with E-state index in [-0.39, 0.29) is 12.4 Å². The topological polar surface area (TPSA) is 21.3 Å². The third-order valence-electron chi connectivity index (χ3n) is 3.52. The Kier molecular flexibility index (Phi) is 10.0. The van der Waals surface area contributed by atoms with Gasteiger partial charge in [0, 0.05) is 6.54 Å². The largest absolute Gasteiger partial charge is 0.488 e. The van der Waals surface area contributed by atoms with Crippen LogP contribution in [0.4, 0.5) is 0 Å². The summed E-state index contributed by atoms with van der Waals surface area (Å²) >= 11 is 3.60. The Morgan fingerprint density at radius 3 is 2.48 bits per heavy atom. The molecule has 0 aromatic heterocycles. The Morgan fingerprint density at radius 2 is 1.78 bits per heavy atom. The number of halogens is 2. The van der Waals surface area contributed by atoms with Crippen molar-refractivity contribution >= 4 is 28.3 Å². The van der Waals surface area contributed by atoms with Crippen molar-refractivity contribution in [3.63, 3.8) is 0 Å². The van der Waals surface area contributed by atoms with Crippen LogP contribution in [0.3, 0.4) is 0 Å². The molecular weight excluding hydrogens is 374 g/mol. The van der Waals surface area contributed by atoms with Crippen molar-refractivity contribution in [3.05, 3.63) is 64.1 Å². The lowest BCUT2D eigenvalue weighted by Gasteiger charge is -2.10. The Balaban J connectivity index is 0.00000264.